The summed E-state index contributed by atoms with van der Waals surface area (Å²) in [6.45, 7) is 24.2. The van der Waals surface area contributed by atoms with Crippen LogP contribution in [0.1, 0.15) is 215 Å². The van der Waals surface area contributed by atoms with Gasteiger partial charge in [-0.3, -0.25) is 9.59 Å². The van der Waals surface area contributed by atoms with Crippen molar-refractivity contribution in [1.29, 1.82) is 0 Å². The minimum Gasteiger partial charge on any atom is -0.466 e. The summed E-state index contributed by atoms with van der Waals surface area (Å²) in [6, 6.07) is -1.32. The van der Waals surface area contributed by atoms with Crippen LogP contribution in [0.2, 0.25) is 0 Å². The van der Waals surface area contributed by atoms with Crippen LogP contribution >= 0.6 is 0 Å². The first kappa shape index (κ1) is 127. The lowest BCUT2D eigenvalue weighted by molar-refractivity contribution is -0.156. The molecule has 0 spiro atoms. The van der Waals surface area contributed by atoms with Gasteiger partial charge in [0.15, 0.2) is 6.10 Å². The molecule has 32 nitrogen and oxygen atoms in total. The van der Waals surface area contributed by atoms with Gasteiger partial charge in [0.2, 0.25) is 0 Å². The van der Waals surface area contributed by atoms with Gasteiger partial charge in [-0.15, -0.1) is 0 Å². The number of hydrogen-bond acceptors (Lipinski definition) is 31. The van der Waals surface area contributed by atoms with E-state index >= 15 is 0 Å². The van der Waals surface area contributed by atoms with Gasteiger partial charge in [0, 0.05) is 14.2 Å². The molecule has 0 rings (SSSR count). The summed E-state index contributed by atoms with van der Waals surface area (Å²) in [5.41, 5.74) is 0. The van der Waals surface area contributed by atoms with Crippen LogP contribution in [0.3, 0.4) is 0 Å². The molecule has 0 saturated heterocycles. The van der Waals surface area contributed by atoms with Crippen molar-refractivity contribution in [2.24, 2.45) is 0 Å². The molecule has 0 aromatic rings. The van der Waals surface area contributed by atoms with Crippen molar-refractivity contribution < 1.29 is 147 Å². The van der Waals surface area contributed by atoms with E-state index in [2.05, 4.69) is 43.5 Å². The van der Waals surface area contributed by atoms with Crippen LogP contribution in [0, 0.1) is 0 Å². The first-order valence-corrected chi connectivity index (χ1v) is 47.3. The molecule has 0 heterocycles. The summed E-state index contributed by atoms with van der Waals surface area (Å²) < 4.78 is 155. The maximum atomic E-state index is 14.1. The molecule has 32 heteroatoms. The molecule has 0 radical (unpaired) electrons. The van der Waals surface area contributed by atoms with Crippen molar-refractivity contribution in [1.82, 2.24) is 5.32 Å². The summed E-state index contributed by atoms with van der Waals surface area (Å²) in [7, 11) is 3.28. The second kappa shape index (κ2) is 116. The van der Waals surface area contributed by atoms with Crippen LogP contribution in [0.15, 0.2) is 24.3 Å². The fraction of sp³-hybridized carbons (Fsp3) is 0.926. The van der Waals surface area contributed by atoms with Gasteiger partial charge in [0.05, 0.1) is 330 Å². The molecule has 0 aromatic heterocycles. The highest BCUT2D eigenvalue weighted by molar-refractivity contribution is 5.89. The molecule has 0 aliphatic carbocycles. The van der Waals surface area contributed by atoms with Crippen molar-refractivity contribution in [2.75, 3.05) is 345 Å². The number of allylic oxidation sites excluding steroid dienone is 4. The van der Waals surface area contributed by atoms with Crippen LogP contribution in [-0.4, -0.2) is 375 Å². The number of carbonyl (C=O) groups is 3. The Kier molecular flexibility index (Phi) is 117. The Hall–Kier alpha value is -3.15. The van der Waals surface area contributed by atoms with Crippen molar-refractivity contribution in [3.05, 3.63) is 24.3 Å². The third kappa shape index (κ3) is 108. The van der Waals surface area contributed by atoms with Gasteiger partial charge < -0.3 is 138 Å². The average molecular weight is 1830 g/mol. The van der Waals surface area contributed by atoms with Gasteiger partial charge >= 0.3 is 11.9 Å². The smallest absolute Gasteiger partial charge is 0.329 e. The fourth-order valence-electron chi connectivity index (χ4n) is 11.3. The molecule has 1 unspecified atom stereocenters. The number of nitrogens with one attached hydrogen (secondary N) is 1. The SMILES string of the molecule is C.C.CCCCCCCC/C=C/CCCCCCCCOC(=O)C[C@H](NC(=O)C(COCCOCCOCCOCCOCCOCCOCCOCCOCCOCCOCCOCCOC)OCCOCOCCOCCOCCOCCOCCOCCOCCOCCOCCOCCOC)C(=O)OCCCCCCCC/C=C/CCCCCCCC. The maximum absolute atomic E-state index is 14.1. The van der Waals surface area contributed by atoms with Crippen molar-refractivity contribution in [2.45, 2.75) is 227 Å². The van der Waals surface area contributed by atoms with E-state index in [0.29, 0.717) is 284 Å². The zero-order chi connectivity index (χ0) is 89.1. The molecular weight excluding hydrogens is 1640 g/mol. The Morgan fingerprint density at radius 2 is 0.452 bits per heavy atom. The lowest BCUT2D eigenvalue weighted by Gasteiger charge is -2.22. The van der Waals surface area contributed by atoms with E-state index in [1.807, 2.05) is 0 Å². The summed E-state index contributed by atoms with van der Waals surface area (Å²) in [5, 5.41) is 2.74. The monoisotopic (exact) mass is 1820 g/mol. The van der Waals surface area contributed by atoms with Crippen LogP contribution in [-0.2, 0) is 147 Å². The number of rotatable bonds is 111. The van der Waals surface area contributed by atoms with Crippen molar-refractivity contribution in [3.8, 4) is 0 Å². The van der Waals surface area contributed by atoms with Gasteiger partial charge in [0.1, 0.15) is 12.8 Å². The Balaban J connectivity index is -0.0000756. The highest BCUT2D eigenvalue weighted by Crippen LogP contribution is 2.14. The summed E-state index contributed by atoms with van der Waals surface area (Å²) in [4.78, 5) is 41.4. The van der Waals surface area contributed by atoms with Gasteiger partial charge in [-0.2, -0.15) is 0 Å². The third-order valence-corrected chi connectivity index (χ3v) is 18.4. The third-order valence-electron chi connectivity index (χ3n) is 18.4. The highest BCUT2D eigenvalue weighted by atomic mass is 16.7. The number of amides is 1. The number of unbranched alkanes of at least 4 members (excludes halogenated alkanes) is 24. The second-order valence-corrected chi connectivity index (χ2v) is 29.1. The highest BCUT2D eigenvalue weighted by Gasteiger charge is 2.30. The molecule has 126 heavy (non-hydrogen) atoms. The van der Waals surface area contributed by atoms with Gasteiger partial charge in [0.25, 0.3) is 5.91 Å². The molecule has 0 aliphatic heterocycles. The lowest BCUT2D eigenvalue weighted by atomic mass is 10.1. The first-order chi connectivity index (χ1) is 61.5. The number of carbonyl (C=O) groups excluding carboxylic acids is 3. The normalized spacial score (nSPS) is 12.1. The average Bonchev–Trinajstić information content (AvgIpc) is 0.882. The van der Waals surface area contributed by atoms with Crippen LogP contribution < -0.4 is 5.32 Å². The minimum atomic E-state index is -1.32. The Labute approximate surface area is 763 Å². The van der Waals surface area contributed by atoms with E-state index in [-0.39, 0.29) is 74.5 Å². The summed E-state index contributed by atoms with van der Waals surface area (Å²) in [6.07, 6.45) is 40.1. The van der Waals surface area contributed by atoms with E-state index in [9.17, 15) is 14.4 Å². The predicted octanol–water partition coefficient (Wildman–Crippen LogP) is 13.3. The van der Waals surface area contributed by atoms with Crippen LogP contribution in [0.5, 0.6) is 0 Å². The second-order valence-electron chi connectivity index (χ2n) is 29.1. The molecule has 1 N–H and O–H groups in total. The maximum Gasteiger partial charge on any atom is 0.329 e. The van der Waals surface area contributed by atoms with Gasteiger partial charge in [-0.1, -0.05) is 169 Å². The summed E-state index contributed by atoms with van der Waals surface area (Å²) >= 11 is 0. The zero-order valence-corrected chi connectivity index (χ0v) is 78.0. The molecule has 0 aromatic carbocycles. The number of methoxy groups -OCH3 is 2. The molecule has 0 bridgehead atoms. The molecule has 0 fully saturated rings. The number of ether oxygens (including phenoxy) is 28. The quantitative estimate of drug-likeness (QED) is 0.0256. The zero-order valence-electron chi connectivity index (χ0n) is 78.0. The van der Waals surface area contributed by atoms with Gasteiger partial charge in [-0.05, 0) is 64.2 Å². The summed E-state index contributed by atoms with van der Waals surface area (Å²) in [5.74, 6) is -2.00. The van der Waals surface area contributed by atoms with E-state index in [4.69, 9.17) is 133 Å². The minimum absolute atomic E-state index is 0. The van der Waals surface area contributed by atoms with E-state index in [1.165, 1.54) is 89.9 Å². The first-order valence-electron chi connectivity index (χ1n) is 47.3. The van der Waals surface area contributed by atoms with Crippen LogP contribution in [0.4, 0.5) is 0 Å². The van der Waals surface area contributed by atoms with Crippen molar-refractivity contribution >= 4 is 17.8 Å². The van der Waals surface area contributed by atoms with E-state index < -0.39 is 36.4 Å². The molecule has 0 saturated carbocycles. The predicted molar refractivity (Wildman–Crippen MR) is 488 cm³/mol. The fourth-order valence-corrected chi connectivity index (χ4v) is 11.3. The van der Waals surface area contributed by atoms with E-state index in [0.717, 1.165) is 77.0 Å². The lowest BCUT2D eigenvalue weighted by Crippen LogP contribution is -2.49. The molecule has 2 atom stereocenters. The standard InChI is InChI=1S/C92H177NO31.2CH4/c1-5-7-9-11-13-15-17-19-21-23-25-27-29-31-33-35-37-123-90(94)85-88(92(96)124-38-36-34-32-30-28-26-24-22-20-18-16-14-12-10-8-6-2)93-91(95)89(122-84-83-121-87-120-82-80-118-78-76-116-74-72-114-70-68-112-66-64-108-58-56-106-54-52-104-50-48-102-46-44-100-42-40-98-4)86-119-81-79-117-77-75-115-73-71-113-69-67-111-65-63-110-62-61-109-60-59-107-57-55-105-53-51-103-49-47-101-45-43-99-41-39-97-3;;/h19-22,88-89H,5-18,23-87H2,1-4H3,(H,93,95);2*1H4/b21-19+,22-20+;;/t88-,89?;;/m0../s1. The topological polar surface area (TPSA) is 322 Å². The molecular formula is C94H185NO31. The number of esters is 2. The van der Waals surface area contributed by atoms with Gasteiger partial charge in [-0.25, -0.2) is 4.79 Å². The molecule has 1 amide bonds. The Morgan fingerprint density at radius 1 is 0.238 bits per heavy atom. The Morgan fingerprint density at radius 3 is 0.714 bits per heavy atom. The number of hydrogen-bond donors (Lipinski definition) is 1. The molecule has 752 valence electrons. The molecule has 0 aliphatic rings. The largest absolute Gasteiger partial charge is 0.466 e. The van der Waals surface area contributed by atoms with Crippen molar-refractivity contribution in [3.63, 3.8) is 0 Å². The Bertz CT molecular complexity index is 2100. The van der Waals surface area contributed by atoms with Crippen LogP contribution in [0.25, 0.3) is 0 Å². The van der Waals surface area contributed by atoms with E-state index in [1.54, 1.807) is 14.2 Å².